The first-order valence-electron chi connectivity index (χ1n) is 7.81. The molecule has 1 aromatic carbocycles. The Bertz CT molecular complexity index is 504. The molecular weight excluding hydrogens is 246 g/mol. The Morgan fingerprint density at radius 1 is 1.20 bits per heavy atom. The first-order chi connectivity index (χ1) is 9.60. The lowest BCUT2D eigenvalue weighted by atomic mass is 9.90. The Hall–Kier alpha value is -1.44. The maximum absolute atomic E-state index is 5.66. The number of unbranched alkanes of at least 4 members (excludes halogenated alkanes) is 1. The highest BCUT2D eigenvalue weighted by molar-refractivity contribution is 5.83. The topological polar surface area (TPSA) is 12.5 Å². The van der Waals surface area contributed by atoms with Gasteiger partial charge in [-0.1, -0.05) is 13.3 Å². The second kappa shape index (κ2) is 6.34. The summed E-state index contributed by atoms with van der Waals surface area (Å²) in [5.74, 6) is 0.975. The molecule has 0 aliphatic carbocycles. The lowest BCUT2D eigenvalue weighted by Crippen LogP contribution is -2.38. The van der Waals surface area contributed by atoms with E-state index in [9.17, 15) is 0 Å². The highest BCUT2D eigenvalue weighted by Gasteiger charge is 2.26. The first kappa shape index (κ1) is 15.0. The fourth-order valence-electron chi connectivity index (χ4n) is 2.93. The minimum Gasteiger partial charge on any atom is -0.494 e. The number of rotatable bonds is 5. The van der Waals surface area contributed by atoms with Crippen LogP contribution in [0.2, 0.25) is 0 Å². The average Bonchev–Trinajstić information content (AvgIpc) is 2.46. The van der Waals surface area contributed by atoms with E-state index in [4.69, 9.17) is 4.74 Å². The number of anilines is 1. The summed E-state index contributed by atoms with van der Waals surface area (Å²) in [5.41, 5.74) is 5.57. The molecule has 0 aromatic heterocycles. The number of nitrogens with zero attached hydrogens (tertiary/aromatic N) is 1. The molecule has 1 atom stereocenters. The van der Waals surface area contributed by atoms with Crippen molar-refractivity contribution < 1.29 is 4.74 Å². The van der Waals surface area contributed by atoms with E-state index in [2.05, 4.69) is 50.8 Å². The van der Waals surface area contributed by atoms with Gasteiger partial charge in [0.15, 0.2) is 0 Å². The van der Waals surface area contributed by atoms with Crippen molar-refractivity contribution in [2.24, 2.45) is 0 Å². The zero-order chi connectivity index (χ0) is 14.7. The molecule has 1 unspecified atom stereocenters. The van der Waals surface area contributed by atoms with E-state index in [1.54, 1.807) is 0 Å². The van der Waals surface area contributed by atoms with Crippen LogP contribution in [0.5, 0.6) is 5.75 Å². The molecule has 1 aromatic rings. The van der Waals surface area contributed by atoms with E-state index >= 15 is 0 Å². The third-order valence-electron chi connectivity index (χ3n) is 4.43. The van der Waals surface area contributed by atoms with Crippen LogP contribution in [-0.2, 0) is 0 Å². The molecule has 0 radical (unpaired) electrons. The average molecular weight is 273 g/mol. The van der Waals surface area contributed by atoms with Crippen LogP contribution in [0.1, 0.15) is 53.0 Å². The van der Waals surface area contributed by atoms with Crippen molar-refractivity contribution in [3.8, 4) is 5.75 Å². The standard InChI is InChI=1S/C18H27NO/c1-6-8-11-19-15(5)13(3)14(4)17-12-16(20-7-2)9-10-18(17)19/h9-10,12,15H,6-8,11H2,1-5H3. The minimum absolute atomic E-state index is 0.493. The maximum Gasteiger partial charge on any atom is 0.120 e. The number of benzene rings is 1. The van der Waals surface area contributed by atoms with E-state index in [0.29, 0.717) is 6.04 Å². The summed E-state index contributed by atoms with van der Waals surface area (Å²) in [4.78, 5) is 2.54. The van der Waals surface area contributed by atoms with Gasteiger partial charge in [-0.05, 0) is 63.5 Å². The lowest BCUT2D eigenvalue weighted by Gasteiger charge is -2.39. The first-order valence-corrected chi connectivity index (χ1v) is 7.81. The van der Waals surface area contributed by atoms with Crippen LogP contribution in [0.3, 0.4) is 0 Å². The quantitative estimate of drug-likeness (QED) is 0.757. The third-order valence-corrected chi connectivity index (χ3v) is 4.43. The van der Waals surface area contributed by atoms with Gasteiger partial charge in [0.2, 0.25) is 0 Å². The molecular formula is C18H27NO. The van der Waals surface area contributed by atoms with Gasteiger partial charge in [-0.15, -0.1) is 0 Å². The summed E-state index contributed by atoms with van der Waals surface area (Å²) in [7, 11) is 0. The Morgan fingerprint density at radius 2 is 1.95 bits per heavy atom. The van der Waals surface area contributed by atoms with Gasteiger partial charge in [-0.25, -0.2) is 0 Å². The second-order valence-corrected chi connectivity index (χ2v) is 5.64. The molecule has 0 saturated heterocycles. The molecule has 2 heteroatoms. The molecule has 110 valence electrons. The molecule has 0 fully saturated rings. The number of fused-ring (bicyclic) bond motifs is 1. The summed E-state index contributed by atoms with van der Waals surface area (Å²) in [6.45, 7) is 12.9. The number of hydrogen-bond acceptors (Lipinski definition) is 2. The zero-order valence-electron chi connectivity index (χ0n) is 13.5. The number of ether oxygens (including phenoxy) is 1. The largest absolute Gasteiger partial charge is 0.494 e. The van der Waals surface area contributed by atoms with Crippen molar-refractivity contribution in [2.75, 3.05) is 18.1 Å². The molecule has 1 aliphatic heterocycles. The number of hydrogen-bond donors (Lipinski definition) is 0. The van der Waals surface area contributed by atoms with E-state index in [0.717, 1.165) is 18.9 Å². The molecule has 2 rings (SSSR count). The summed E-state index contributed by atoms with van der Waals surface area (Å²) in [6.07, 6.45) is 2.47. The summed E-state index contributed by atoms with van der Waals surface area (Å²) >= 11 is 0. The van der Waals surface area contributed by atoms with Crippen LogP contribution in [0.4, 0.5) is 5.69 Å². The van der Waals surface area contributed by atoms with E-state index in [1.165, 1.54) is 35.2 Å². The Morgan fingerprint density at radius 3 is 2.60 bits per heavy atom. The molecule has 0 bridgehead atoms. The van der Waals surface area contributed by atoms with Gasteiger partial charge >= 0.3 is 0 Å². The van der Waals surface area contributed by atoms with E-state index in [1.807, 2.05) is 6.92 Å². The van der Waals surface area contributed by atoms with E-state index in [-0.39, 0.29) is 0 Å². The van der Waals surface area contributed by atoms with Gasteiger partial charge in [-0.3, -0.25) is 0 Å². The lowest BCUT2D eigenvalue weighted by molar-refractivity contribution is 0.340. The SMILES string of the molecule is CCCCN1c2ccc(OCC)cc2C(C)=C(C)C1C. The minimum atomic E-state index is 0.493. The molecule has 0 amide bonds. The predicted octanol–water partition coefficient (Wildman–Crippen LogP) is 4.89. The van der Waals surface area contributed by atoms with Crippen LogP contribution >= 0.6 is 0 Å². The fourth-order valence-corrected chi connectivity index (χ4v) is 2.93. The van der Waals surface area contributed by atoms with Gasteiger partial charge in [-0.2, -0.15) is 0 Å². The van der Waals surface area contributed by atoms with Crippen molar-refractivity contribution in [3.05, 3.63) is 29.3 Å². The number of allylic oxidation sites excluding steroid dienone is 1. The molecule has 0 spiro atoms. The van der Waals surface area contributed by atoms with Gasteiger partial charge in [0.1, 0.15) is 5.75 Å². The Labute approximate surface area is 123 Å². The monoisotopic (exact) mass is 273 g/mol. The van der Waals surface area contributed by atoms with Crippen molar-refractivity contribution >= 4 is 11.3 Å². The van der Waals surface area contributed by atoms with Crippen molar-refractivity contribution in [3.63, 3.8) is 0 Å². The van der Waals surface area contributed by atoms with Crippen LogP contribution in [0.25, 0.3) is 5.57 Å². The van der Waals surface area contributed by atoms with Crippen LogP contribution in [0, 0.1) is 0 Å². The van der Waals surface area contributed by atoms with Crippen LogP contribution in [-0.4, -0.2) is 19.2 Å². The summed E-state index contributed by atoms with van der Waals surface area (Å²) < 4.78 is 5.66. The van der Waals surface area contributed by atoms with Crippen molar-refractivity contribution in [1.82, 2.24) is 0 Å². The highest BCUT2D eigenvalue weighted by atomic mass is 16.5. The third kappa shape index (κ3) is 2.70. The smallest absolute Gasteiger partial charge is 0.120 e. The van der Waals surface area contributed by atoms with Gasteiger partial charge < -0.3 is 9.64 Å². The Kier molecular flexibility index (Phi) is 4.74. The van der Waals surface area contributed by atoms with Crippen LogP contribution in [0.15, 0.2) is 23.8 Å². The zero-order valence-corrected chi connectivity index (χ0v) is 13.5. The second-order valence-electron chi connectivity index (χ2n) is 5.64. The highest BCUT2D eigenvalue weighted by Crippen LogP contribution is 2.39. The van der Waals surface area contributed by atoms with Crippen LogP contribution < -0.4 is 9.64 Å². The summed E-state index contributed by atoms with van der Waals surface area (Å²) in [5, 5.41) is 0. The predicted molar refractivity (Wildman–Crippen MR) is 87.6 cm³/mol. The molecule has 1 heterocycles. The fraction of sp³-hybridized carbons (Fsp3) is 0.556. The Balaban J connectivity index is 2.43. The van der Waals surface area contributed by atoms with Crippen molar-refractivity contribution in [1.29, 1.82) is 0 Å². The molecule has 0 N–H and O–H groups in total. The molecule has 2 nitrogen and oxygen atoms in total. The molecule has 1 aliphatic rings. The van der Waals surface area contributed by atoms with Gasteiger partial charge in [0.25, 0.3) is 0 Å². The summed E-state index contributed by atoms with van der Waals surface area (Å²) in [6, 6.07) is 7.01. The maximum atomic E-state index is 5.66. The molecule has 0 saturated carbocycles. The van der Waals surface area contributed by atoms with E-state index < -0.39 is 0 Å². The normalized spacial score (nSPS) is 18.2. The molecule has 20 heavy (non-hydrogen) atoms. The van der Waals surface area contributed by atoms with Crippen molar-refractivity contribution in [2.45, 2.75) is 53.5 Å². The van der Waals surface area contributed by atoms with Gasteiger partial charge in [0, 0.05) is 23.8 Å². The van der Waals surface area contributed by atoms with Gasteiger partial charge in [0.05, 0.1) is 6.61 Å².